The molecule has 47 heavy (non-hydrogen) atoms. The first kappa shape index (κ1) is 26.5. The van der Waals surface area contributed by atoms with Crippen molar-refractivity contribution in [2.24, 2.45) is 0 Å². The van der Waals surface area contributed by atoms with Crippen LogP contribution in [0.3, 0.4) is 0 Å². The van der Waals surface area contributed by atoms with Gasteiger partial charge in [0.25, 0.3) is 0 Å². The number of benzene rings is 6. The fourth-order valence-electron chi connectivity index (χ4n) is 6.35. The van der Waals surface area contributed by atoms with Crippen molar-refractivity contribution in [2.45, 2.75) is 0 Å². The van der Waals surface area contributed by atoms with E-state index in [1.807, 2.05) is 54.6 Å². The van der Waals surface area contributed by atoms with Gasteiger partial charge in [-0.2, -0.15) is 0 Å². The molecule has 0 saturated heterocycles. The Morgan fingerprint density at radius 2 is 1.09 bits per heavy atom. The van der Waals surface area contributed by atoms with Crippen molar-refractivity contribution < 1.29 is 4.42 Å². The largest absolute Gasteiger partial charge is 0.436 e. The molecule has 0 amide bonds. The van der Waals surface area contributed by atoms with E-state index in [1.165, 1.54) is 24.9 Å². The number of oxazole rings is 1. The van der Waals surface area contributed by atoms with E-state index in [1.54, 1.807) is 22.7 Å². The number of rotatable bonds is 4. The highest BCUT2D eigenvalue weighted by Gasteiger charge is 2.18. The van der Waals surface area contributed by atoms with Crippen molar-refractivity contribution in [3.63, 3.8) is 0 Å². The van der Waals surface area contributed by atoms with Crippen LogP contribution in [0.4, 0.5) is 0 Å². The molecule has 7 heteroatoms. The molecule has 0 atom stereocenters. The molecule has 0 aliphatic rings. The summed E-state index contributed by atoms with van der Waals surface area (Å²) in [6, 6.07) is 45.9. The van der Waals surface area contributed by atoms with Crippen molar-refractivity contribution in [2.75, 3.05) is 0 Å². The maximum absolute atomic E-state index is 6.09. The van der Waals surface area contributed by atoms with Gasteiger partial charge in [0.2, 0.25) is 5.89 Å². The maximum atomic E-state index is 6.09. The summed E-state index contributed by atoms with van der Waals surface area (Å²) in [4.78, 5) is 20.0. The van der Waals surface area contributed by atoms with Gasteiger partial charge in [-0.15, -0.1) is 22.7 Å². The van der Waals surface area contributed by atoms with E-state index < -0.39 is 0 Å². The second-order valence-corrected chi connectivity index (χ2v) is 13.6. The molecular weight excluding hydrogens is 617 g/mol. The molecule has 0 saturated carbocycles. The summed E-state index contributed by atoms with van der Waals surface area (Å²) in [5, 5.41) is 4.80. The summed E-state index contributed by atoms with van der Waals surface area (Å²) in [5.41, 5.74) is 5.49. The first-order valence-electron chi connectivity index (χ1n) is 15.3. The lowest BCUT2D eigenvalue weighted by molar-refractivity contribution is 0.620. The van der Waals surface area contributed by atoms with Gasteiger partial charge in [0.15, 0.2) is 23.1 Å². The second kappa shape index (κ2) is 10.4. The Hall–Kier alpha value is -5.76. The summed E-state index contributed by atoms with van der Waals surface area (Å²) in [5.74, 6) is 2.58. The van der Waals surface area contributed by atoms with Crippen LogP contribution in [0.5, 0.6) is 0 Å². The molecule has 5 nitrogen and oxygen atoms in total. The van der Waals surface area contributed by atoms with Crippen LogP contribution in [-0.4, -0.2) is 19.9 Å². The van der Waals surface area contributed by atoms with Crippen LogP contribution >= 0.6 is 22.7 Å². The van der Waals surface area contributed by atoms with Gasteiger partial charge < -0.3 is 4.42 Å². The molecule has 0 radical (unpaired) electrons. The molecule has 4 heterocycles. The first-order valence-corrected chi connectivity index (χ1v) is 16.9. The summed E-state index contributed by atoms with van der Waals surface area (Å²) < 4.78 is 10.9. The Bertz CT molecular complexity index is 2780. The van der Waals surface area contributed by atoms with E-state index in [2.05, 4.69) is 78.9 Å². The lowest BCUT2D eigenvalue weighted by atomic mass is 10.0. The van der Waals surface area contributed by atoms with Gasteiger partial charge in [-0.1, -0.05) is 91.0 Å². The summed E-state index contributed by atoms with van der Waals surface area (Å²) in [6.07, 6.45) is 0. The third-order valence-corrected chi connectivity index (χ3v) is 10.8. The smallest absolute Gasteiger partial charge is 0.227 e. The minimum Gasteiger partial charge on any atom is -0.436 e. The lowest BCUT2D eigenvalue weighted by Gasteiger charge is -2.10. The van der Waals surface area contributed by atoms with Gasteiger partial charge in [0, 0.05) is 62.6 Å². The summed E-state index contributed by atoms with van der Waals surface area (Å²) in [7, 11) is 0. The molecule has 0 unspecified atom stereocenters. The van der Waals surface area contributed by atoms with Gasteiger partial charge >= 0.3 is 0 Å². The minimum atomic E-state index is 0.621. The van der Waals surface area contributed by atoms with E-state index in [0.29, 0.717) is 23.4 Å². The van der Waals surface area contributed by atoms with E-state index >= 15 is 0 Å². The van der Waals surface area contributed by atoms with E-state index in [9.17, 15) is 0 Å². The van der Waals surface area contributed by atoms with E-state index in [4.69, 9.17) is 24.4 Å². The molecule has 0 aliphatic carbocycles. The van der Waals surface area contributed by atoms with Crippen molar-refractivity contribution in [1.29, 1.82) is 0 Å². The molecule has 0 spiro atoms. The van der Waals surface area contributed by atoms with Crippen LogP contribution in [0.25, 0.3) is 97.1 Å². The number of fused-ring (bicyclic) bond motifs is 7. The number of nitrogens with zero attached hydrogens (tertiary/aromatic N) is 4. The average Bonchev–Trinajstić information content (AvgIpc) is 3.84. The van der Waals surface area contributed by atoms with Crippen molar-refractivity contribution in [3.8, 4) is 45.6 Å². The zero-order chi connectivity index (χ0) is 30.9. The predicted octanol–water partition coefficient (Wildman–Crippen LogP) is 11.4. The van der Waals surface area contributed by atoms with Crippen LogP contribution in [0.1, 0.15) is 0 Å². The van der Waals surface area contributed by atoms with Crippen LogP contribution < -0.4 is 0 Å². The highest BCUT2D eigenvalue weighted by atomic mass is 32.1. The number of aromatic nitrogens is 4. The Labute approximate surface area is 276 Å². The quantitative estimate of drug-likeness (QED) is 0.192. The van der Waals surface area contributed by atoms with Crippen LogP contribution in [0.2, 0.25) is 0 Å². The molecular formula is C40H22N4OS2. The number of hydrogen-bond donors (Lipinski definition) is 0. The van der Waals surface area contributed by atoms with Gasteiger partial charge in [0.1, 0.15) is 5.52 Å². The third kappa shape index (κ3) is 4.35. The molecule has 220 valence electrons. The third-order valence-electron chi connectivity index (χ3n) is 8.58. The van der Waals surface area contributed by atoms with Crippen molar-refractivity contribution in [3.05, 3.63) is 133 Å². The molecule has 10 aromatic rings. The van der Waals surface area contributed by atoms with Gasteiger partial charge in [-0.25, -0.2) is 19.9 Å². The zero-order valence-electron chi connectivity index (χ0n) is 24.7. The number of hydrogen-bond acceptors (Lipinski definition) is 7. The minimum absolute atomic E-state index is 0.621. The average molecular weight is 639 g/mol. The second-order valence-electron chi connectivity index (χ2n) is 11.5. The Morgan fingerprint density at radius 1 is 0.426 bits per heavy atom. The first-order chi connectivity index (χ1) is 23.2. The monoisotopic (exact) mass is 638 g/mol. The van der Waals surface area contributed by atoms with Gasteiger partial charge in [-0.05, 0) is 42.5 Å². The predicted molar refractivity (Wildman–Crippen MR) is 195 cm³/mol. The molecule has 6 aromatic carbocycles. The van der Waals surface area contributed by atoms with Crippen LogP contribution in [-0.2, 0) is 0 Å². The normalized spacial score (nSPS) is 11.8. The van der Waals surface area contributed by atoms with Gasteiger partial charge in [0.05, 0.1) is 0 Å². The van der Waals surface area contributed by atoms with E-state index in [-0.39, 0.29) is 0 Å². The number of thiophene rings is 2. The zero-order valence-corrected chi connectivity index (χ0v) is 26.3. The molecule has 10 rings (SSSR count). The summed E-state index contributed by atoms with van der Waals surface area (Å²) in [6.45, 7) is 0. The Kier molecular flexibility index (Phi) is 5.85. The fraction of sp³-hybridized carbons (Fsp3) is 0. The number of para-hydroxylation sites is 2. The van der Waals surface area contributed by atoms with Gasteiger partial charge in [-0.3, -0.25) is 0 Å². The molecule has 0 fully saturated rings. The standard InChI is InChI=1S/C40H22N4OS2/c1-2-9-23(10-3-1)37-42-38(24-17-19-27-26-11-4-7-15-32(26)46-34(27)21-24)44-39(43-37)29-12-8-16-33-36(29)28-20-18-25(22-35(28)47-33)40-41-30-13-5-6-14-31(30)45-40/h1-22H. The van der Waals surface area contributed by atoms with Crippen LogP contribution in [0.15, 0.2) is 138 Å². The highest BCUT2D eigenvalue weighted by molar-refractivity contribution is 7.26. The van der Waals surface area contributed by atoms with E-state index in [0.717, 1.165) is 48.8 Å². The Balaban J connectivity index is 1.16. The molecule has 0 bridgehead atoms. The fourth-order valence-corrected chi connectivity index (χ4v) is 8.66. The van der Waals surface area contributed by atoms with Crippen LogP contribution in [0, 0.1) is 0 Å². The maximum Gasteiger partial charge on any atom is 0.227 e. The molecule has 4 aromatic heterocycles. The lowest BCUT2D eigenvalue weighted by Crippen LogP contribution is -2.00. The highest BCUT2D eigenvalue weighted by Crippen LogP contribution is 2.42. The SMILES string of the molecule is c1ccc(-c2nc(-c3ccc4c(c3)sc3ccccc34)nc(-c3cccc4sc5cc(-c6nc7ccccc7o6)ccc5c34)n2)cc1. The van der Waals surface area contributed by atoms with Crippen molar-refractivity contribution in [1.82, 2.24) is 19.9 Å². The summed E-state index contributed by atoms with van der Waals surface area (Å²) >= 11 is 3.55. The Morgan fingerprint density at radius 3 is 2.00 bits per heavy atom. The topological polar surface area (TPSA) is 64.7 Å². The van der Waals surface area contributed by atoms with Crippen molar-refractivity contribution >= 4 is 74.1 Å². The molecule has 0 N–H and O–H groups in total. The molecule has 0 aliphatic heterocycles.